The van der Waals surface area contributed by atoms with Crippen molar-refractivity contribution in [1.29, 1.82) is 0 Å². The standard InChI is InChI=1S/C13H20N4O5S/c1-4-15(11-5-6-23(21,22)8-11)12(18)7-16-10(3)13(17(19)20)9(2)14-16/h11H,4-8H2,1-3H3/t11-/m1/s1. The minimum absolute atomic E-state index is 0.0240. The molecule has 10 heteroatoms. The minimum Gasteiger partial charge on any atom is -0.337 e. The van der Waals surface area contributed by atoms with E-state index in [0.29, 0.717) is 18.7 Å². The van der Waals surface area contributed by atoms with Gasteiger partial charge in [-0.2, -0.15) is 5.10 Å². The number of rotatable bonds is 5. The molecule has 1 fully saturated rings. The van der Waals surface area contributed by atoms with Crippen LogP contribution in [-0.4, -0.2) is 58.0 Å². The van der Waals surface area contributed by atoms with Crippen molar-refractivity contribution in [2.45, 2.75) is 39.8 Å². The molecule has 1 aliphatic heterocycles. The van der Waals surface area contributed by atoms with Gasteiger partial charge in [0, 0.05) is 12.6 Å². The third-order valence-corrected chi connectivity index (χ3v) is 5.87. The lowest BCUT2D eigenvalue weighted by Crippen LogP contribution is -2.42. The molecule has 0 unspecified atom stereocenters. The molecular weight excluding hydrogens is 324 g/mol. The Morgan fingerprint density at radius 3 is 2.57 bits per heavy atom. The Morgan fingerprint density at radius 1 is 1.48 bits per heavy atom. The molecule has 128 valence electrons. The van der Waals surface area contributed by atoms with Gasteiger partial charge in [0.05, 0.1) is 16.4 Å². The van der Waals surface area contributed by atoms with Crippen molar-refractivity contribution in [1.82, 2.24) is 14.7 Å². The van der Waals surface area contributed by atoms with E-state index in [0.717, 1.165) is 0 Å². The molecule has 0 aromatic carbocycles. The van der Waals surface area contributed by atoms with Crippen molar-refractivity contribution in [2.24, 2.45) is 0 Å². The molecule has 1 amide bonds. The fourth-order valence-electron chi connectivity index (χ4n) is 2.98. The molecule has 2 heterocycles. The van der Waals surface area contributed by atoms with Crippen LogP contribution < -0.4 is 0 Å². The second kappa shape index (κ2) is 6.26. The first kappa shape index (κ1) is 17.4. The molecule has 9 nitrogen and oxygen atoms in total. The van der Waals surface area contributed by atoms with Gasteiger partial charge in [0.1, 0.15) is 17.9 Å². The van der Waals surface area contributed by atoms with Gasteiger partial charge in [0.2, 0.25) is 5.91 Å². The average molecular weight is 344 g/mol. The van der Waals surface area contributed by atoms with Gasteiger partial charge in [-0.05, 0) is 27.2 Å². The average Bonchev–Trinajstić information content (AvgIpc) is 2.91. The molecule has 2 rings (SSSR count). The Kier molecular flexibility index (Phi) is 4.73. The third-order valence-electron chi connectivity index (χ3n) is 4.12. The van der Waals surface area contributed by atoms with E-state index in [1.807, 2.05) is 0 Å². The number of likely N-dealkylation sites (N-methyl/N-ethyl adjacent to an activating group) is 1. The number of carbonyl (C=O) groups is 1. The largest absolute Gasteiger partial charge is 0.337 e. The number of hydrogen-bond acceptors (Lipinski definition) is 6. The lowest BCUT2D eigenvalue weighted by Gasteiger charge is -2.27. The number of nitro groups is 1. The topological polar surface area (TPSA) is 115 Å². The van der Waals surface area contributed by atoms with E-state index in [1.165, 1.54) is 16.5 Å². The maximum absolute atomic E-state index is 12.5. The molecule has 23 heavy (non-hydrogen) atoms. The van der Waals surface area contributed by atoms with E-state index in [-0.39, 0.29) is 41.4 Å². The number of nitrogens with zero attached hydrogens (tertiary/aromatic N) is 4. The predicted molar refractivity (Wildman–Crippen MR) is 82.8 cm³/mol. The molecule has 1 atom stereocenters. The molecule has 0 aliphatic carbocycles. The highest BCUT2D eigenvalue weighted by atomic mass is 32.2. The highest BCUT2D eigenvalue weighted by Crippen LogP contribution is 2.23. The highest BCUT2D eigenvalue weighted by Gasteiger charge is 2.34. The summed E-state index contributed by atoms with van der Waals surface area (Å²) in [6.07, 6.45) is 0.430. The predicted octanol–water partition coefficient (Wildman–Crippen LogP) is 0.444. The minimum atomic E-state index is -3.08. The van der Waals surface area contributed by atoms with Crippen LogP contribution in [0.15, 0.2) is 0 Å². The molecule has 0 radical (unpaired) electrons. The van der Waals surface area contributed by atoms with Crippen LogP contribution >= 0.6 is 0 Å². The maximum Gasteiger partial charge on any atom is 0.312 e. The van der Waals surface area contributed by atoms with Gasteiger partial charge in [-0.1, -0.05) is 0 Å². The van der Waals surface area contributed by atoms with Crippen LogP contribution in [0.4, 0.5) is 5.69 Å². The van der Waals surface area contributed by atoms with Gasteiger partial charge in [-0.3, -0.25) is 19.6 Å². The number of hydrogen-bond donors (Lipinski definition) is 0. The van der Waals surface area contributed by atoms with Crippen LogP contribution in [0.2, 0.25) is 0 Å². The summed E-state index contributed by atoms with van der Waals surface area (Å²) in [5, 5.41) is 15.1. The summed E-state index contributed by atoms with van der Waals surface area (Å²) in [7, 11) is -3.08. The lowest BCUT2D eigenvalue weighted by molar-refractivity contribution is -0.386. The lowest BCUT2D eigenvalue weighted by atomic mass is 10.2. The fourth-order valence-corrected chi connectivity index (χ4v) is 4.71. The van der Waals surface area contributed by atoms with Gasteiger partial charge >= 0.3 is 5.69 Å². The Morgan fingerprint density at radius 2 is 2.13 bits per heavy atom. The zero-order valence-electron chi connectivity index (χ0n) is 13.4. The monoisotopic (exact) mass is 344 g/mol. The third kappa shape index (κ3) is 3.52. The van der Waals surface area contributed by atoms with Crippen molar-refractivity contribution in [2.75, 3.05) is 18.1 Å². The Hall–Kier alpha value is -1.97. The highest BCUT2D eigenvalue weighted by molar-refractivity contribution is 7.91. The first-order valence-electron chi connectivity index (χ1n) is 7.34. The van der Waals surface area contributed by atoms with Crippen LogP contribution in [-0.2, 0) is 21.2 Å². The van der Waals surface area contributed by atoms with E-state index in [4.69, 9.17) is 0 Å². The molecule has 0 saturated carbocycles. The molecule has 1 aromatic rings. The van der Waals surface area contributed by atoms with E-state index < -0.39 is 14.8 Å². The van der Waals surface area contributed by atoms with Crippen LogP contribution in [0.1, 0.15) is 24.7 Å². The molecule has 0 bridgehead atoms. The SMILES string of the molecule is CCN(C(=O)Cn1nc(C)c([N+](=O)[O-])c1C)[C@@H]1CCS(=O)(=O)C1. The Bertz CT molecular complexity index is 740. The summed E-state index contributed by atoms with van der Waals surface area (Å²) in [6.45, 7) is 5.10. The van der Waals surface area contributed by atoms with Gasteiger partial charge in [-0.25, -0.2) is 8.42 Å². The first-order chi connectivity index (χ1) is 10.7. The van der Waals surface area contributed by atoms with Gasteiger partial charge in [-0.15, -0.1) is 0 Å². The molecular formula is C13H20N4O5S. The van der Waals surface area contributed by atoms with E-state index >= 15 is 0 Å². The smallest absolute Gasteiger partial charge is 0.312 e. The summed E-state index contributed by atoms with van der Waals surface area (Å²) >= 11 is 0. The Labute approximate surface area is 134 Å². The van der Waals surface area contributed by atoms with Gasteiger partial charge < -0.3 is 4.90 Å². The summed E-state index contributed by atoms with van der Waals surface area (Å²) in [5.74, 6) is -0.216. The van der Waals surface area contributed by atoms with Gasteiger partial charge in [0.25, 0.3) is 0 Å². The maximum atomic E-state index is 12.5. The van der Waals surface area contributed by atoms with Crippen LogP contribution in [0, 0.1) is 24.0 Å². The summed E-state index contributed by atoms with van der Waals surface area (Å²) in [5.41, 5.74) is 0.479. The zero-order chi connectivity index (χ0) is 17.4. The van der Waals surface area contributed by atoms with Crippen molar-refractivity contribution in [3.63, 3.8) is 0 Å². The second-order valence-corrected chi connectivity index (χ2v) is 7.90. The fraction of sp³-hybridized carbons (Fsp3) is 0.692. The quantitative estimate of drug-likeness (QED) is 0.565. The zero-order valence-corrected chi connectivity index (χ0v) is 14.2. The number of amides is 1. The van der Waals surface area contributed by atoms with E-state index in [1.54, 1.807) is 13.8 Å². The molecule has 1 aromatic heterocycles. The van der Waals surface area contributed by atoms with Crippen LogP contribution in [0.25, 0.3) is 0 Å². The molecule has 1 aliphatic rings. The molecule has 0 N–H and O–H groups in total. The number of carbonyl (C=O) groups excluding carboxylic acids is 1. The van der Waals surface area contributed by atoms with Crippen molar-refractivity contribution in [3.8, 4) is 0 Å². The van der Waals surface area contributed by atoms with Crippen LogP contribution in [0.3, 0.4) is 0 Å². The molecule has 1 saturated heterocycles. The summed E-state index contributed by atoms with van der Waals surface area (Å²) in [6, 6.07) is -0.329. The molecule has 0 spiro atoms. The summed E-state index contributed by atoms with van der Waals surface area (Å²) < 4.78 is 24.5. The first-order valence-corrected chi connectivity index (χ1v) is 9.16. The number of aryl methyl sites for hydroxylation is 1. The normalized spacial score (nSPS) is 19.7. The summed E-state index contributed by atoms with van der Waals surface area (Å²) in [4.78, 5) is 24.5. The van der Waals surface area contributed by atoms with Crippen molar-refractivity contribution >= 4 is 21.4 Å². The van der Waals surface area contributed by atoms with Gasteiger partial charge in [0.15, 0.2) is 9.84 Å². The second-order valence-electron chi connectivity index (χ2n) is 5.67. The van der Waals surface area contributed by atoms with Crippen molar-refractivity contribution < 1.29 is 18.1 Å². The number of aromatic nitrogens is 2. The van der Waals surface area contributed by atoms with E-state index in [9.17, 15) is 23.3 Å². The number of sulfone groups is 1. The Balaban J connectivity index is 2.18. The van der Waals surface area contributed by atoms with E-state index in [2.05, 4.69) is 5.10 Å². The van der Waals surface area contributed by atoms with Crippen molar-refractivity contribution in [3.05, 3.63) is 21.5 Å². The van der Waals surface area contributed by atoms with Crippen LogP contribution in [0.5, 0.6) is 0 Å².